The van der Waals surface area contributed by atoms with E-state index in [4.69, 9.17) is 0 Å². The van der Waals surface area contributed by atoms with Crippen LogP contribution in [-0.2, 0) is 11.3 Å². The molecule has 1 atom stereocenters. The van der Waals surface area contributed by atoms with Gasteiger partial charge in [0.25, 0.3) is 11.3 Å². The Bertz CT molecular complexity index is 1070. The minimum atomic E-state index is -2.46. The predicted octanol–water partition coefficient (Wildman–Crippen LogP) is 4.90. The third-order valence-electron chi connectivity index (χ3n) is 4.19. The van der Waals surface area contributed by atoms with Crippen molar-refractivity contribution in [1.82, 2.24) is 0 Å². The van der Waals surface area contributed by atoms with Crippen molar-refractivity contribution in [1.29, 1.82) is 0 Å². The van der Waals surface area contributed by atoms with Gasteiger partial charge in [0.2, 0.25) is 0 Å². The lowest BCUT2D eigenvalue weighted by Crippen LogP contribution is -2.21. The van der Waals surface area contributed by atoms with Crippen molar-refractivity contribution in [2.45, 2.75) is 13.8 Å². The van der Waals surface area contributed by atoms with E-state index in [1.807, 2.05) is 0 Å². The minimum Gasteiger partial charge on any atom is -0.477 e. The molecule has 8 heteroatoms. The number of carboxylic acids is 1. The molecule has 0 fully saturated rings. The van der Waals surface area contributed by atoms with Crippen molar-refractivity contribution in [3.8, 4) is 10.4 Å². The van der Waals surface area contributed by atoms with Crippen LogP contribution in [0.15, 0.2) is 54.6 Å². The molecule has 0 bridgehead atoms. The third-order valence-corrected chi connectivity index (χ3v) is 6.06. The summed E-state index contributed by atoms with van der Waals surface area (Å²) >= 11 is -1.45. The highest BCUT2D eigenvalue weighted by Gasteiger charge is 2.26. The SMILES string of the molecule is CC(=O)c1ccc(-c2cc(N(c3ccccc3C)S(=O)O)c(C(=O)O)s2)cc1. The maximum absolute atomic E-state index is 12.1. The van der Waals surface area contributed by atoms with E-state index in [9.17, 15) is 23.5 Å². The average molecular weight is 415 g/mol. The van der Waals surface area contributed by atoms with Gasteiger partial charge in [0.1, 0.15) is 4.88 Å². The first kappa shape index (κ1) is 19.9. The lowest BCUT2D eigenvalue weighted by atomic mass is 10.1. The van der Waals surface area contributed by atoms with Gasteiger partial charge in [0.05, 0.1) is 11.4 Å². The number of carbonyl (C=O) groups excluding carboxylic acids is 1. The summed E-state index contributed by atoms with van der Waals surface area (Å²) in [4.78, 5) is 23.8. The Labute approximate surface area is 168 Å². The number of benzene rings is 2. The fourth-order valence-corrected chi connectivity index (χ4v) is 4.52. The second-order valence-electron chi connectivity index (χ2n) is 6.08. The van der Waals surface area contributed by atoms with E-state index < -0.39 is 17.2 Å². The Balaban J connectivity index is 2.14. The molecule has 1 unspecified atom stereocenters. The molecule has 144 valence electrons. The van der Waals surface area contributed by atoms with Gasteiger partial charge in [-0.1, -0.05) is 42.5 Å². The highest BCUT2D eigenvalue weighted by Crippen LogP contribution is 2.41. The quantitative estimate of drug-likeness (QED) is 0.441. The fourth-order valence-electron chi connectivity index (χ4n) is 2.79. The van der Waals surface area contributed by atoms with Gasteiger partial charge >= 0.3 is 5.97 Å². The van der Waals surface area contributed by atoms with E-state index in [1.54, 1.807) is 61.5 Å². The maximum Gasteiger partial charge on any atom is 0.348 e. The monoisotopic (exact) mass is 415 g/mol. The molecule has 28 heavy (non-hydrogen) atoms. The number of hydrogen-bond acceptors (Lipinski definition) is 4. The van der Waals surface area contributed by atoms with E-state index >= 15 is 0 Å². The Morgan fingerprint density at radius 2 is 1.68 bits per heavy atom. The van der Waals surface area contributed by atoms with Gasteiger partial charge in [-0.2, -0.15) is 0 Å². The molecule has 2 N–H and O–H groups in total. The number of hydrogen-bond donors (Lipinski definition) is 2. The first-order valence-corrected chi connectivity index (χ1v) is 10.1. The van der Waals surface area contributed by atoms with Crippen molar-refractivity contribution in [3.63, 3.8) is 0 Å². The Kier molecular flexibility index (Phi) is 5.73. The van der Waals surface area contributed by atoms with Gasteiger partial charge in [0, 0.05) is 10.4 Å². The third kappa shape index (κ3) is 3.89. The number of carbonyl (C=O) groups is 2. The number of carboxylic acid groups (broad SMARTS) is 1. The molecule has 2 aromatic carbocycles. The molecule has 0 aliphatic heterocycles. The van der Waals surface area contributed by atoms with Crippen molar-refractivity contribution in [2.75, 3.05) is 4.31 Å². The van der Waals surface area contributed by atoms with Crippen LogP contribution in [0.5, 0.6) is 0 Å². The average Bonchev–Trinajstić information content (AvgIpc) is 3.08. The van der Waals surface area contributed by atoms with Gasteiger partial charge < -0.3 is 5.11 Å². The lowest BCUT2D eigenvalue weighted by Gasteiger charge is -2.21. The number of nitrogens with zero attached hydrogens (tertiary/aromatic N) is 1. The number of thiophene rings is 1. The van der Waals surface area contributed by atoms with Crippen LogP contribution in [0.25, 0.3) is 10.4 Å². The van der Waals surface area contributed by atoms with E-state index in [1.165, 1.54) is 6.92 Å². The molecule has 3 rings (SSSR count). The zero-order valence-electron chi connectivity index (χ0n) is 15.1. The van der Waals surface area contributed by atoms with Gasteiger partial charge in [-0.3, -0.25) is 9.35 Å². The van der Waals surface area contributed by atoms with Crippen LogP contribution in [0.1, 0.15) is 32.5 Å². The van der Waals surface area contributed by atoms with Crippen LogP contribution in [-0.4, -0.2) is 25.6 Å². The van der Waals surface area contributed by atoms with E-state index in [0.717, 1.165) is 26.8 Å². The molecule has 0 aliphatic carbocycles. The Hall–Kier alpha value is -2.81. The fraction of sp³-hybridized carbons (Fsp3) is 0.100. The van der Waals surface area contributed by atoms with Crippen molar-refractivity contribution in [2.24, 2.45) is 0 Å². The van der Waals surface area contributed by atoms with E-state index in [2.05, 4.69) is 0 Å². The van der Waals surface area contributed by atoms with E-state index in [0.29, 0.717) is 16.1 Å². The minimum absolute atomic E-state index is 0.0451. The zero-order valence-corrected chi connectivity index (χ0v) is 16.7. The van der Waals surface area contributed by atoms with Gasteiger partial charge in [-0.25, -0.2) is 13.3 Å². The summed E-state index contributed by atoms with van der Waals surface area (Å²) in [5, 5.41) is 9.65. The number of aromatic carboxylic acids is 1. The van der Waals surface area contributed by atoms with Crippen LogP contribution < -0.4 is 4.31 Å². The van der Waals surface area contributed by atoms with Crippen LogP contribution in [0.4, 0.5) is 11.4 Å². The van der Waals surface area contributed by atoms with Crippen molar-refractivity contribution in [3.05, 3.63) is 70.6 Å². The summed E-state index contributed by atoms with van der Waals surface area (Å²) in [5.41, 5.74) is 2.59. The topological polar surface area (TPSA) is 94.9 Å². The molecule has 0 amide bonds. The summed E-state index contributed by atoms with van der Waals surface area (Å²) in [6.07, 6.45) is 0. The number of Topliss-reactive ketones (excluding diaryl/α,β-unsaturated/α-hetero) is 1. The summed E-state index contributed by atoms with van der Waals surface area (Å²) < 4.78 is 23.1. The molecule has 0 saturated heterocycles. The van der Waals surface area contributed by atoms with Gasteiger partial charge in [-0.05, 0) is 37.1 Å². The molecule has 1 heterocycles. The normalized spacial score (nSPS) is 11.8. The largest absolute Gasteiger partial charge is 0.477 e. The summed E-state index contributed by atoms with van der Waals surface area (Å²) in [5.74, 6) is -1.25. The van der Waals surface area contributed by atoms with Crippen LogP contribution in [0.3, 0.4) is 0 Å². The lowest BCUT2D eigenvalue weighted by molar-refractivity contribution is 0.0702. The molecular formula is C20H17NO5S2. The number of ketones is 1. The van der Waals surface area contributed by atoms with Crippen LogP contribution in [0.2, 0.25) is 0 Å². The Morgan fingerprint density at radius 3 is 2.21 bits per heavy atom. The highest BCUT2D eigenvalue weighted by molar-refractivity contribution is 7.81. The summed E-state index contributed by atoms with van der Waals surface area (Å²) in [6.45, 7) is 3.25. The molecule has 0 radical (unpaired) electrons. The zero-order chi connectivity index (χ0) is 20.4. The van der Waals surface area contributed by atoms with E-state index in [-0.39, 0.29) is 16.3 Å². The first-order chi connectivity index (χ1) is 13.3. The number of rotatable bonds is 6. The Morgan fingerprint density at radius 1 is 1.04 bits per heavy atom. The molecule has 3 aromatic rings. The standard InChI is InChI=1S/C20H17NO5S2/c1-12-5-3-4-6-16(12)21(28(25)26)17-11-18(27-19(17)20(23)24)15-9-7-14(8-10-15)13(2)22/h3-11H,1-2H3,(H,23,24)(H,25,26). The molecule has 1 aromatic heterocycles. The molecule has 0 spiro atoms. The maximum atomic E-state index is 12.1. The molecule has 0 aliphatic rings. The van der Waals surface area contributed by atoms with Gasteiger partial charge in [-0.15, -0.1) is 11.3 Å². The number of anilines is 2. The number of aryl methyl sites for hydroxylation is 1. The van der Waals surface area contributed by atoms with Crippen molar-refractivity contribution >= 4 is 45.7 Å². The van der Waals surface area contributed by atoms with Crippen LogP contribution in [0, 0.1) is 6.92 Å². The summed E-state index contributed by atoms with van der Waals surface area (Å²) in [6, 6.07) is 15.3. The first-order valence-electron chi connectivity index (χ1n) is 8.25. The second kappa shape index (κ2) is 8.05. The predicted molar refractivity (Wildman–Crippen MR) is 111 cm³/mol. The summed E-state index contributed by atoms with van der Waals surface area (Å²) in [7, 11) is 0. The van der Waals surface area contributed by atoms with Crippen LogP contribution >= 0.6 is 11.3 Å². The smallest absolute Gasteiger partial charge is 0.348 e. The van der Waals surface area contributed by atoms with Gasteiger partial charge in [0.15, 0.2) is 5.78 Å². The molecular weight excluding hydrogens is 398 g/mol. The molecule has 0 saturated carbocycles. The van der Waals surface area contributed by atoms with Crippen molar-refractivity contribution < 1.29 is 23.5 Å². The molecule has 6 nitrogen and oxygen atoms in total. The highest BCUT2D eigenvalue weighted by atomic mass is 32.2. The second-order valence-corrected chi connectivity index (χ2v) is 7.95. The number of para-hydroxylation sites is 1.